The quantitative estimate of drug-likeness (QED) is 0.454. The van der Waals surface area contributed by atoms with E-state index < -0.39 is 35.7 Å². The molecule has 0 unspecified atom stereocenters. The summed E-state index contributed by atoms with van der Waals surface area (Å²) in [5.41, 5.74) is 0.194. The van der Waals surface area contributed by atoms with E-state index in [-0.39, 0.29) is 29.2 Å². The van der Waals surface area contributed by atoms with Crippen molar-refractivity contribution < 1.29 is 27.5 Å². The maximum Gasteiger partial charge on any atom is 0.422 e. The number of carbonyl (C=O) groups is 2. The van der Waals surface area contributed by atoms with Crippen molar-refractivity contribution in [3.05, 3.63) is 70.2 Å². The van der Waals surface area contributed by atoms with Crippen molar-refractivity contribution in [3.63, 3.8) is 0 Å². The Kier molecular flexibility index (Phi) is 6.84. The zero-order valence-electron chi connectivity index (χ0n) is 22.9. The summed E-state index contributed by atoms with van der Waals surface area (Å²) in [6.45, 7) is -1.41. The van der Waals surface area contributed by atoms with Gasteiger partial charge in [-0.2, -0.15) is 28.8 Å². The molecule has 1 aromatic carbocycles. The first-order valence-electron chi connectivity index (χ1n) is 13.9. The SMILES string of the molecule is N#Cc1ccc(-n2nc3c(c2C(=O)NC2(C#N)CCCCC2)C(=O)N[C@@]2(CCc4cc(OCC(F)(F)F)ccc42)C3)nc1. The highest BCUT2D eigenvalue weighted by Gasteiger charge is 2.48. The molecule has 3 heterocycles. The average molecular weight is 590 g/mol. The van der Waals surface area contributed by atoms with Crippen molar-refractivity contribution >= 4 is 11.8 Å². The third-order valence-corrected chi connectivity index (χ3v) is 8.41. The minimum Gasteiger partial charge on any atom is -0.484 e. The largest absolute Gasteiger partial charge is 0.484 e. The van der Waals surface area contributed by atoms with E-state index in [4.69, 9.17) is 4.74 Å². The van der Waals surface area contributed by atoms with Crippen molar-refractivity contribution in [2.45, 2.75) is 68.6 Å². The first kappa shape index (κ1) is 28.2. The van der Waals surface area contributed by atoms with E-state index in [0.29, 0.717) is 36.9 Å². The number of benzene rings is 1. The van der Waals surface area contributed by atoms with Crippen LogP contribution in [0.4, 0.5) is 13.2 Å². The number of halogens is 3. The molecule has 0 radical (unpaired) electrons. The Hall–Kier alpha value is -4.91. The van der Waals surface area contributed by atoms with Gasteiger partial charge < -0.3 is 15.4 Å². The van der Waals surface area contributed by atoms with Crippen LogP contribution in [0.5, 0.6) is 5.75 Å². The number of carbonyl (C=O) groups excluding carboxylic acids is 2. The molecule has 1 spiro atoms. The summed E-state index contributed by atoms with van der Waals surface area (Å²) >= 11 is 0. The van der Waals surface area contributed by atoms with Gasteiger partial charge >= 0.3 is 6.18 Å². The normalized spacial score (nSPS) is 20.3. The fourth-order valence-corrected chi connectivity index (χ4v) is 6.38. The second-order valence-corrected chi connectivity index (χ2v) is 11.2. The van der Waals surface area contributed by atoms with Gasteiger partial charge in [-0.15, -0.1) is 0 Å². The minimum absolute atomic E-state index is 0.0612. The molecule has 2 aliphatic carbocycles. The molecule has 0 bridgehead atoms. The predicted molar refractivity (Wildman–Crippen MR) is 144 cm³/mol. The number of fused-ring (bicyclic) bond motifs is 3. The molecule has 2 aromatic heterocycles. The predicted octanol–water partition coefficient (Wildman–Crippen LogP) is 4.16. The van der Waals surface area contributed by atoms with Gasteiger partial charge in [0.25, 0.3) is 11.8 Å². The number of rotatable bonds is 5. The molecule has 3 aliphatic rings. The topological polar surface area (TPSA) is 146 Å². The summed E-state index contributed by atoms with van der Waals surface area (Å²) in [4.78, 5) is 32.0. The maximum atomic E-state index is 13.9. The first-order chi connectivity index (χ1) is 20.6. The standard InChI is InChI=1S/C30H26F3N7O3/c31-30(32,33)17-43-20-5-6-21-19(12-20)8-11-29(21)13-22-24(26(41)38-29)25(27(42)37-28(16-35)9-2-1-3-10-28)40(39-22)23-7-4-18(14-34)15-36-23/h4-7,12,15H,1-3,8-11,13,17H2,(H,37,42)(H,38,41)/t29-/m0/s1. The van der Waals surface area contributed by atoms with E-state index in [9.17, 15) is 33.3 Å². The molecule has 3 aromatic rings. The molecule has 1 atom stereocenters. The number of amides is 2. The molecular formula is C30H26F3N7O3. The number of nitriles is 2. The highest BCUT2D eigenvalue weighted by atomic mass is 19.4. The summed E-state index contributed by atoms with van der Waals surface area (Å²) in [5, 5.41) is 29.8. The third kappa shape index (κ3) is 5.16. The lowest BCUT2D eigenvalue weighted by Crippen LogP contribution is -2.51. The van der Waals surface area contributed by atoms with Crippen LogP contribution < -0.4 is 15.4 Å². The van der Waals surface area contributed by atoms with Gasteiger partial charge in [0, 0.05) is 12.6 Å². The average Bonchev–Trinajstić information content (AvgIpc) is 3.55. The zero-order valence-corrected chi connectivity index (χ0v) is 22.9. The molecule has 2 amide bonds. The fraction of sp³-hybridized carbons (Fsp3) is 0.400. The number of ether oxygens (including phenoxy) is 1. The minimum atomic E-state index is -4.47. The zero-order chi connectivity index (χ0) is 30.4. The molecular weight excluding hydrogens is 563 g/mol. The molecule has 1 saturated carbocycles. The molecule has 13 heteroatoms. The van der Waals surface area contributed by atoms with E-state index in [2.05, 4.69) is 26.8 Å². The second kappa shape index (κ2) is 10.4. The Morgan fingerprint density at radius 3 is 2.60 bits per heavy atom. The van der Waals surface area contributed by atoms with E-state index in [0.717, 1.165) is 30.4 Å². The Morgan fingerprint density at radius 1 is 1.14 bits per heavy atom. The van der Waals surface area contributed by atoms with Gasteiger partial charge in [-0.05, 0) is 61.1 Å². The summed E-state index contributed by atoms with van der Waals surface area (Å²) in [6, 6.07) is 12.0. The van der Waals surface area contributed by atoms with Crippen molar-refractivity contribution in [2.75, 3.05) is 6.61 Å². The van der Waals surface area contributed by atoms with Gasteiger partial charge in [0.05, 0.1) is 28.4 Å². The third-order valence-electron chi connectivity index (χ3n) is 8.41. The number of hydrogen-bond acceptors (Lipinski definition) is 7. The van der Waals surface area contributed by atoms with Crippen LogP contribution in [-0.4, -0.2) is 44.9 Å². The molecule has 10 nitrogen and oxygen atoms in total. The lowest BCUT2D eigenvalue weighted by molar-refractivity contribution is -0.153. The second-order valence-electron chi connectivity index (χ2n) is 11.2. The maximum absolute atomic E-state index is 13.9. The lowest BCUT2D eigenvalue weighted by Gasteiger charge is -2.35. The van der Waals surface area contributed by atoms with Crippen LogP contribution in [0, 0.1) is 22.7 Å². The molecule has 6 rings (SSSR count). The Labute approximate surface area is 244 Å². The van der Waals surface area contributed by atoms with Crippen molar-refractivity contribution in [1.29, 1.82) is 10.5 Å². The van der Waals surface area contributed by atoms with Gasteiger partial charge in [0.15, 0.2) is 12.4 Å². The number of hydrogen-bond donors (Lipinski definition) is 2. The van der Waals surface area contributed by atoms with Crippen molar-refractivity contribution in [3.8, 4) is 23.7 Å². The summed E-state index contributed by atoms with van der Waals surface area (Å²) < 4.78 is 44.2. The van der Waals surface area contributed by atoms with Crippen LogP contribution in [0.25, 0.3) is 5.82 Å². The number of nitrogens with zero attached hydrogens (tertiary/aromatic N) is 5. The Bertz CT molecular complexity index is 1700. The fourth-order valence-electron chi connectivity index (χ4n) is 6.38. The van der Waals surface area contributed by atoms with Crippen molar-refractivity contribution in [1.82, 2.24) is 25.4 Å². The first-order valence-corrected chi connectivity index (χ1v) is 13.9. The molecule has 1 aliphatic heterocycles. The molecule has 220 valence electrons. The number of alkyl halides is 3. The Morgan fingerprint density at radius 2 is 1.93 bits per heavy atom. The van der Waals surface area contributed by atoms with Crippen LogP contribution >= 0.6 is 0 Å². The smallest absolute Gasteiger partial charge is 0.422 e. The monoisotopic (exact) mass is 589 g/mol. The van der Waals surface area contributed by atoms with Gasteiger partial charge in [-0.25, -0.2) is 9.67 Å². The summed E-state index contributed by atoms with van der Waals surface area (Å²) in [5.74, 6) is -0.868. The van der Waals surface area contributed by atoms with E-state index >= 15 is 0 Å². The molecule has 0 saturated heterocycles. The number of pyridine rings is 1. The highest BCUT2D eigenvalue weighted by molar-refractivity contribution is 6.08. The number of nitrogens with one attached hydrogen (secondary N) is 2. The van der Waals surface area contributed by atoms with Gasteiger partial charge in [0.2, 0.25) is 0 Å². The van der Waals surface area contributed by atoms with Crippen LogP contribution in [0.2, 0.25) is 0 Å². The van der Waals surface area contributed by atoms with E-state index in [1.165, 1.54) is 29.1 Å². The van der Waals surface area contributed by atoms with Gasteiger partial charge in [-0.3, -0.25) is 9.59 Å². The summed E-state index contributed by atoms with van der Waals surface area (Å²) in [7, 11) is 0. The van der Waals surface area contributed by atoms with Gasteiger partial charge in [0.1, 0.15) is 23.1 Å². The van der Waals surface area contributed by atoms with Crippen LogP contribution in [-0.2, 0) is 18.4 Å². The molecule has 1 fully saturated rings. The van der Waals surface area contributed by atoms with E-state index in [1.54, 1.807) is 12.1 Å². The van der Waals surface area contributed by atoms with Crippen LogP contribution in [0.15, 0.2) is 36.5 Å². The summed E-state index contributed by atoms with van der Waals surface area (Å²) in [6.07, 6.45) is 1.56. The van der Waals surface area contributed by atoms with Crippen LogP contribution in [0.1, 0.15) is 81.8 Å². The number of aromatic nitrogens is 3. The van der Waals surface area contributed by atoms with Gasteiger partial charge in [-0.1, -0.05) is 25.3 Å². The Balaban J connectivity index is 1.39. The van der Waals surface area contributed by atoms with E-state index in [1.807, 2.05) is 6.07 Å². The van der Waals surface area contributed by atoms with Crippen molar-refractivity contribution in [2.24, 2.45) is 0 Å². The highest BCUT2D eigenvalue weighted by Crippen LogP contribution is 2.44. The van der Waals surface area contributed by atoms with Crippen LogP contribution in [0.3, 0.4) is 0 Å². The lowest BCUT2D eigenvalue weighted by atomic mass is 9.81. The molecule has 2 N–H and O–H groups in total. The number of aryl methyl sites for hydroxylation is 1. The molecule has 43 heavy (non-hydrogen) atoms.